The molecule has 0 amide bonds. The van der Waals surface area contributed by atoms with Crippen LogP contribution in [-0.2, 0) is 47.5 Å². The topological polar surface area (TPSA) is 310 Å². The van der Waals surface area contributed by atoms with Crippen LogP contribution in [0.5, 0.6) is 0 Å². The predicted octanol–water partition coefficient (Wildman–Crippen LogP) is 1.28. The van der Waals surface area contributed by atoms with Gasteiger partial charge in [0.2, 0.25) is 0 Å². The number of aliphatic hydroxyl groups excluding tert-OH is 10. The van der Waals surface area contributed by atoms with E-state index in [9.17, 15) is 60.7 Å². The molecule has 5 aliphatic carbocycles. The Morgan fingerprint density at radius 3 is 2.07 bits per heavy atom. The van der Waals surface area contributed by atoms with Crippen molar-refractivity contribution in [1.82, 2.24) is 0 Å². The highest BCUT2D eigenvalue weighted by atomic mass is 16.8. The number of ether oxygens (including phenoxy) is 8. The zero-order valence-corrected chi connectivity index (χ0v) is 44.9. The maximum absolute atomic E-state index is 13.3. The van der Waals surface area contributed by atoms with Crippen LogP contribution in [0.3, 0.4) is 0 Å². The molecule has 10 N–H and O–H groups in total. The molecule has 3 aliphatic heterocycles. The van der Waals surface area contributed by atoms with Crippen molar-refractivity contribution in [1.29, 1.82) is 0 Å². The quantitative estimate of drug-likeness (QED) is 0.0603. The van der Waals surface area contributed by atoms with Crippen LogP contribution in [0.4, 0.5) is 0 Å². The van der Waals surface area contributed by atoms with E-state index in [0.29, 0.717) is 31.3 Å². The van der Waals surface area contributed by atoms with E-state index in [0.717, 1.165) is 18.4 Å². The van der Waals surface area contributed by atoms with Gasteiger partial charge in [-0.15, -0.1) is 0 Å². The second-order valence-electron chi connectivity index (χ2n) is 25.2. The first kappa shape index (κ1) is 57.9. The van der Waals surface area contributed by atoms with E-state index in [1.807, 2.05) is 13.8 Å². The van der Waals surface area contributed by atoms with Gasteiger partial charge in [-0.25, -0.2) is 4.79 Å². The van der Waals surface area contributed by atoms with Gasteiger partial charge in [0, 0.05) is 17.9 Å². The van der Waals surface area contributed by atoms with Gasteiger partial charge in [-0.05, 0) is 105 Å². The fraction of sp³-hybridized carbons (Fsp3) is 0.889. The maximum Gasteiger partial charge on any atom is 0.333 e. The van der Waals surface area contributed by atoms with Crippen molar-refractivity contribution in [2.24, 2.45) is 50.2 Å². The molecule has 3 heterocycles. The fourth-order valence-corrected chi connectivity index (χ4v) is 15.8. The first-order valence-corrected chi connectivity index (χ1v) is 26.8. The minimum absolute atomic E-state index is 0.0445. The Morgan fingerprint density at radius 1 is 0.757 bits per heavy atom. The van der Waals surface area contributed by atoms with E-state index in [1.54, 1.807) is 19.9 Å². The van der Waals surface area contributed by atoms with E-state index in [4.69, 9.17) is 37.9 Å². The van der Waals surface area contributed by atoms with Gasteiger partial charge in [-0.3, -0.25) is 4.79 Å². The SMILES string of the molecule is C/C=C(\C)C(=O)O[C@H]1[C@H](O)[C@]2(COC(C)=O)[C@H](O)C[C@]3(C)C(=CC[C@@H]4[C@@]5(C)CC[C@H](O[C@@H]6O[C@H](CO)[C@@H](O)[C@H](O[C@@H]7O[C@@H](C)[C@H](O)[C@@H](O)[C@H]7O)[C@H]6O[C@@H]6OC[C@@H](O)[C@H](O)[C@H]6O)C(C)(C)[C@@H]5CC[C@]43C)[C@@H]2CC1(C)C. The van der Waals surface area contributed by atoms with Crippen LogP contribution < -0.4 is 0 Å². The second-order valence-corrected chi connectivity index (χ2v) is 25.2. The molecule has 0 spiro atoms. The molecule has 0 radical (unpaired) electrons. The lowest BCUT2D eigenvalue weighted by molar-refractivity contribution is -0.394. The summed E-state index contributed by atoms with van der Waals surface area (Å²) in [5.41, 5.74) is -2.42. The number of hydrogen-bond acceptors (Lipinski definition) is 20. The van der Waals surface area contributed by atoms with Gasteiger partial charge in [0.1, 0.15) is 79.9 Å². The Kier molecular flexibility index (Phi) is 16.3. The van der Waals surface area contributed by atoms with Gasteiger partial charge in [0.15, 0.2) is 18.9 Å². The number of hydrogen-bond donors (Lipinski definition) is 10. The third kappa shape index (κ3) is 9.26. The van der Waals surface area contributed by atoms with Crippen LogP contribution >= 0.6 is 0 Å². The van der Waals surface area contributed by atoms with E-state index in [-0.39, 0.29) is 35.7 Å². The van der Waals surface area contributed by atoms with Crippen LogP contribution in [0.15, 0.2) is 23.3 Å². The second kappa shape index (κ2) is 20.8. The first-order valence-electron chi connectivity index (χ1n) is 26.8. The zero-order chi connectivity index (χ0) is 54.6. The third-order valence-electron chi connectivity index (χ3n) is 20.5. The van der Waals surface area contributed by atoms with Crippen molar-refractivity contribution in [2.75, 3.05) is 19.8 Å². The highest BCUT2D eigenvalue weighted by Crippen LogP contribution is 2.76. The summed E-state index contributed by atoms with van der Waals surface area (Å²) in [7, 11) is 0. The van der Waals surface area contributed by atoms with Crippen LogP contribution in [-0.4, -0.2) is 193 Å². The van der Waals surface area contributed by atoms with Crippen LogP contribution in [0.2, 0.25) is 0 Å². The summed E-state index contributed by atoms with van der Waals surface area (Å²) < 4.78 is 49.1. The van der Waals surface area contributed by atoms with E-state index >= 15 is 0 Å². The minimum atomic E-state index is -1.80. The highest BCUT2D eigenvalue weighted by Gasteiger charge is 2.73. The molecule has 3 saturated heterocycles. The lowest BCUT2D eigenvalue weighted by Gasteiger charge is -2.72. The van der Waals surface area contributed by atoms with Crippen molar-refractivity contribution in [3.63, 3.8) is 0 Å². The van der Waals surface area contributed by atoms with Crippen LogP contribution in [0.1, 0.15) is 121 Å². The molecule has 20 heteroatoms. The van der Waals surface area contributed by atoms with Crippen molar-refractivity contribution in [3.8, 4) is 0 Å². The molecular formula is C54H86O20. The number of fused-ring (bicyclic) bond motifs is 7. The first-order chi connectivity index (χ1) is 34.5. The van der Waals surface area contributed by atoms with Gasteiger partial charge in [-0.2, -0.15) is 0 Å². The molecular weight excluding hydrogens is 969 g/mol. The predicted molar refractivity (Wildman–Crippen MR) is 260 cm³/mol. The Bertz CT molecular complexity index is 2120. The molecule has 0 aromatic carbocycles. The van der Waals surface area contributed by atoms with Gasteiger partial charge >= 0.3 is 11.9 Å². The molecule has 7 fully saturated rings. The number of aliphatic hydroxyl groups is 10. The number of rotatable bonds is 11. The van der Waals surface area contributed by atoms with E-state index in [1.165, 1.54) is 13.8 Å². The molecule has 0 bridgehead atoms. The van der Waals surface area contributed by atoms with Gasteiger partial charge in [0.05, 0.1) is 36.9 Å². The number of esters is 2. The Hall–Kier alpha value is -2.22. The van der Waals surface area contributed by atoms with Gasteiger partial charge < -0.3 is 89.0 Å². The molecule has 8 aliphatic rings. The molecule has 0 unspecified atom stereocenters. The number of carbonyl (C=O) groups is 2. The summed E-state index contributed by atoms with van der Waals surface area (Å²) in [6, 6.07) is 0. The summed E-state index contributed by atoms with van der Waals surface area (Å²) >= 11 is 0. The molecule has 4 saturated carbocycles. The smallest absolute Gasteiger partial charge is 0.333 e. The average molecular weight is 1060 g/mol. The fourth-order valence-electron chi connectivity index (χ4n) is 15.8. The third-order valence-corrected chi connectivity index (χ3v) is 20.5. The summed E-state index contributed by atoms with van der Waals surface area (Å²) in [5.74, 6) is -1.39. The number of carbonyl (C=O) groups excluding carboxylic acids is 2. The molecule has 422 valence electrons. The van der Waals surface area contributed by atoms with Crippen LogP contribution in [0.25, 0.3) is 0 Å². The van der Waals surface area contributed by atoms with Crippen molar-refractivity contribution in [2.45, 2.75) is 232 Å². The largest absolute Gasteiger partial charge is 0.465 e. The lowest BCUT2D eigenvalue weighted by Crippen LogP contribution is -2.72. The molecule has 25 atom stereocenters. The highest BCUT2D eigenvalue weighted by molar-refractivity contribution is 5.87. The monoisotopic (exact) mass is 1050 g/mol. The van der Waals surface area contributed by atoms with Crippen molar-refractivity contribution < 1.29 is 98.5 Å². The Morgan fingerprint density at radius 2 is 1.42 bits per heavy atom. The molecule has 8 rings (SSSR count). The average Bonchev–Trinajstić information content (AvgIpc) is 3.33. The van der Waals surface area contributed by atoms with Crippen LogP contribution in [0, 0.1) is 50.2 Å². The van der Waals surface area contributed by atoms with Gasteiger partial charge in [-0.1, -0.05) is 66.2 Å². The standard InChI is InChI=1S/C54H86O20/c1-12-24(2)45(66)74-44-43(65)54(23-68-26(4)56)28(19-49(44,5)6)27-13-14-32-51(9)17-16-34(50(7,8)31(51)15-18-52(32,10)53(27,11)20-33(54)58)71-48-42(73-46-39(63)36(60)29(57)22-67-46)41(37(61)30(21-55)70-48)72-47-40(64)38(62)35(59)25(3)69-47/h12-13,25,28-44,46-48,55,57-65H,14-23H2,1-11H3/b24-12+/t25-,28-,29+,30+,31-,32+,33+,34-,35-,36-,37+,38+,39+,40+,41-,42+,43-,44-,46-,47-,48-,51-,52+,53+,54-/m0/s1. The molecule has 0 aromatic rings. The van der Waals surface area contributed by atoms with Gasteiger partial charge in [0.25, 0.3) is 0 Å². The summed E-state index contributed by atoms with van der Waals surface area (Å²) in [6.45, 7) is 19.9. The summed E-state index contributed by atoms with van der Waals surface area (Å²) in [6.07, 6.45) is -17.6. The van der Waals surface area contributed by atoms with E-state index < -0.39 is 163 Å². The van der Waals surface area contributed by atoms with Crippen molar-refractivity contribution >= 4 is 11.9 Å². The minimum Gasteiger partial charge on any atom is -0.465 e. The van der Waals surface area contributed by atoms with Crippen molar-refractivity contribution in [3.05, 3.63) is 23.3 Å². The lowest BCUT2D eigenvalue weighted by atomic mass is 9.33. The zero-order valence-electron chi connectivity index (χ0n) is 44.9. The van der Waals surface area contributed by atoms with E-state index in [2.05, 4.69) is 40.7 Å². The Balaban J connectivity index is 1.10. The summed E-state index contributed by atoms with van der Waals surface area (Å²) in [4.78, 5) is 25.8. The summed E-state index contributed by atoms with van der Waals surface area (Å²) in [5, 5.41) is 112. The normalized spacial score (nSPS) is 51.0. The molecule has 74 heavy (non-hydrogen) atoms. The number of allylic oxidation sites excluding steroid dienone is 3. The Labute approximate surface area is 434 Å². The molecule has 0 aromatic heterocycles. The maximum atomic E-state index is 13.3. The molecule has 20 nitrogen and oxygen atoms in total.